The van der Waals surface area contributed by atoms with E-state index in [2.05, 4.69) is 120 Å². The van der Waals surface area contributed by atoms with Gasteiger partial charge in [-0.2, -0.15) is 0 Å². The molecule has 0 spiro atoms. The molecule has 1 unspecified atom stereocenters. The lowest BCUT2D eigenvalue weighted by atomic mass is 9.92. The highest BCUT2D eigenvalue weighted by Crippen LogP contribution is 2.50. The van der Waals surface area contributed by atoms with Crippen LogP contribution in [0.1, 0.15) is 108 Å². The Bertz CT molecular complexity index is 1100. The summed E-state index contributed by atoms with van der Waals surface area (Å²) >= 11 is 21.9. The molecule has 3 rings (SSSR count). The number of allylic oxidation sites excluding steroid dienone is 2. The summed E-state index contributed by atoms with van der Waals surface area (Å²) < 4.78 is 3.69. The van der Waals surface area contributed by atoms with Crippen molar-refractivity contribution in [3.8, 4) is 0 Å². The summed E-state index contributed by atoms with van der Waals surface area (Å²) in [6.45, 7) is 24.4. The van der Waals surface area contributed by atoms with Crippen LogP contribution < -0.4 is 9.13 Å². The van der Waals surface area contributed by atoms with Crippen LogP contribution in [0.2, 0.25) is 0 Å². The normalized spacial score (nSPS) is 18.9. The molecule has 2 nitrogen and oxygen atoms in total. The average Bonchev–Trinajstić information content (AvgIpc) is 2.78. The van der Waals surface area contributed by atoms with Crippen LogP contribution in [-0.2, 0) is 0 Å². The SMILES string of the molecule is C=C1C=C(C)N(c2c(C(C)C)cccc2C(C)C)[Si](Cl)(C(Cl)Cl)N1c1c(C(C)C)cccc1C(C)C. The number of nitrogens with zero attached hydrogens (tertiary/aromatic N) is 2. The summed E-state index contributed by atoms with van der Waals surface area (Å²) in [5.41, 5.74) is 9.03. The molecule has 196 valence electrons. The molecule has 0 saturated carbocycles. The van der Waals surface area contributed by atoms with Crippen molar-refractivity contribution in [1.29, 1.82) is 0 Å². The molecule has 1 aliphatic heterocycles. The Kier molecular flexibility index (Phi) is 9.03. The maximum atomic E-state index is 7.93. The lowest BCUT2D eigenvalue weighted by Gasteiger charge is -2.53. The van der Waals surface area contributed by atoms with Crippen molar-refractivity contribution < 1.29 is 0 Å². The Morgan fingerprint density at radius 1 is 0.667 bits per heavy atom. The molecule has 0 bridgehead atoms. The number of anilines is 2. The zero-order valence-corrected chi connectivity index (χ0v) is 26.4. The number of halogens is 3. The molecule has 0 N–H and O–H groups in total. The second-order valence-corrected chi connectivity index (χ2v) is 17.3. The van der Waals surface area contributed by atoms with Gasteiger partial charge in [-0.3, -0.25) is 0 Å². The number of benzene rings is 2. The fourth-order valence-electron chi connectivity index (χ4n) is 5.29. The Morgan fingerprint density at radius 3 is 1.31 bits per heavy atom. The summed E-state index contributed by atoms with van der Waals surface area (Å²) in [6.07, 6.45) is 2.13. The molecule has 1 heterocycles. The highest BCUT2D eigenvalue weighted by atomic mass is 35.6. The molecule has 0 aliphatic carbocycles. The molecule has 0 radical (unpaired) electrons. The molecule has 0 fully saturated rings. The lowest BCUT2D eigenvalue weighted by molar-refractivity contribution is 0.822. The topological polar surface area (TPSA) is 6.48 Å². The van der Waals surface area contributed by atoms with E-state index in [1.807, 2.05) is 0 Å². The first kappa shape index (κ1) is 29.2. The first-order valence-electron chi connectivity index (χ1n) is 12.9. The van der Waals surface area contributed by atoms with Crippen molar-refractivity contribution in [1.82, 2.24) is 0 Å². The van der Waals surface area contributed by atoms with E-state index in [1.54, 1.807) is 0 Å². The van der Waals surface area contributed by atoms with Gasteiger partial charge in [0, 0.05) is 22.8 Å². The third-order valence-corrected chi connectivity index (χ3v) is 14.1. The molecular weight excluding hydrogens is 523 g/mol. The predicted octanol–water partition coefficient (Wildman–Crippen LogP) is 10.4. The summed E-state index contributed by atoms with van der Waals surface area (Å²) in [4.78, 5) is 0. The maximum Gasteiger partial charge on any atom is 0.408 e. The Hall–Kier alpha value is -1.39. The average molecular weight is 564 g/mol. The van der Waals surface area contributed by atoms with E-state index >= 15 is 0 Å². The molecule has 36 heavy (non-hydrogen) atoms. The third kappa shape index (κ3) is 5.01. The van der Waals surface area contributed by atoms with Crippen LogP contribution in [0.15, 0.2) is 60.4 Å². The second-order valence-electron chi connectivity index (χ2n) is 11.1. The van der Waals surface area contributed by atoms with Gasteiger partial charge < -0.3 is 9.13 Å². The second kappa shape index (κ2) is 11.2. The van der Waals surface area contributed by atoms with Gasteiger partial charge in [-0.25, -0.2) is 0 Å². The van der Waals surface area contributed by atoms with E-state index in [4.69, 9.17) is 34.3 Å². The molecule has 1 atom stereocenters. The van der Waals surface area contributed by atoms with Crippen molar-refractivity contribution in [2.24, 2.45) is 0 Å². The summed E-state index contributed by atoms with van der Waals surface area (Å²) in [5.74, 6) is 1.19. The van der Waals surface area contributed by atoms with Crippen LogP contribution in [0.3, 0.4) is 0 Å². The highest BCUT2D eigenvalue weighted by Gasteiger charge is 2.57. The Balaban J connectivity index is 2.48. The number of rotatable bonds is 7. The van der Waals surface area contributed by atoms with Gasteiger partial charge >= 0.3 is 7.71 Å². The molecule has 2 aromatic carbocycles. The lowest BCUT2D eigenvalue weighted by Crippen LogP contribution is -2.68. The van der Waals surface area contributed by atoms with Gasteiger partial charge in [-0.15, -0.1) is 34.3 Å². The van der Waals surface area contributed by atoms with Crippen LogP contribution in [0.5, 0.6) is 0 Å². The van der Waals surface area contributed by atoms with Crippen molar-refractivity contribution in [3.05, 3.63) is 82.7 Å². The van der Waals surface area contributed by atoms with Crippen LogP contribution in [0.4, 0.5) is 11.4 Å². The molecule has 6 heteroatoms. The molecule has 0 amide bonds. The predicted molar refractivity (Wildman–Crippen MR) is 164 cm³/mol. The fourth-order valence-corrected chi connectivity index (χ4v) is 10.5. The fraction of sp³-hybridized carbons (Fsp3) is 0.467. The minimum atomic E-state index is -3.39. The molecule has 2 aromatic rings. The monoisotopic (exact) mass is 562 g/mol. The number of hydrogen-bond donors (Lipinski definition) is 0. The number of hydrogen-bond acceptors (Lipinski definition) is 2. The van der Waals surface area contributed by atoms with Crippen LogP contribution in [-0.4, -0.2) is 12.2 Å². The maximum absolute atomic E-state index is 7.93. The van der Waals surface area contributed by atoms with Gasteiger partial charge in [0.15, 0.2) is 4.46 Å². The standard InChI is InChI=1S/C30H41Cl3N2Si/c1-18(2)24-13-11-14-25(19(3)4)28(24)34-22(9)17-23(10)35(36(34,33)30(31)32)29-26(20(5)6)15-12-16-27(29)21(7)8/h11-21,30H,9H2,1-8,10H3. The largest absolute Gasteiger partial charge is 0.408 e. The number of para-hydroxylation sites is 2. The smallest absolute Gasteiger partial charge is 0.340 e. The van der Waals surface area contributed by atoms with Gasteiger partial charge in [0.2, 0.25) is 0 Å². The van der Waals surface area contributed by atoms with E-state index < -0.39 is 12.2 Å². The van der Waals surface area contributed by atoms with Crippen LogP contribution >= 0.6 is 34.3 Å². The molecule has 0 saturated heterocycles. The van der Waals surface area contributed by atoms with Gasteiger partial charge in [-0.1, -0.05) is 98.4 Å². The van der Waals surface area contributed by atoms with Crippen molar-refractivity contribution in [2.75, 3.05) is 9.13 Å². The molecule has 0 aromatic heterocycles. The van der Waals surface area contributed by atoms with Crippen molar-refractivity contribution in [3.63, 3.8) is 0 Å². The van der Waals surface area contributed by atoms with Crippen molar-refractivity contribution in [2.45, 2.75) is 90.4 Å². The third-order valence-electron chi connectivity index (χ3n) is 7.05. The minimum absolute atomic E-state index is 0.292. The van der Waals surface area contributed by atoms with Crippen LogP contribution in [0.25, 0.3) is 0 Å². The first-order valence-corrected chi connectivity index (χ1v) is 16.8. The van der Waals surface area contributed by atoms with E-state index in [1.165, 1.54) is 22.3 Å². The van der Waals surface area contributed by atoms with E-state index in [9.17, 15) is 0 Å². The van der Waals surface area contributed by atoms with Gasteiger partial charge in [0.1, 0.15) is 0 Å². The molecular formula is C30H41Cl3N2Si. The molecule has 1 aliphatic rings. The summed E-state index contributed by atoms with van der Waals surface area (Å²) in [6, 6.07) is 13.1. The summed E-state index contributed by atoms with van der Waals surface area (Å²) in [7, 11) is -3.39. The quantitative estimate of drug-likeness (QED) is 0.188. The van der Waals surface area contributed by atoms with Crippen molar-refractivity contribution >= 4 is 53.4 Å². The van der Waals surface area contributed by atoms with E-state index in [0.29, 0.717) is 23.7 Å². The summed E-state index contributed by atoms with van der Waals surface area (Å²) in [5, 5.41) is 0. The van der Waals surface area contributed by atoms with E-state index in [-0.39, 0.29) is 0 Å². The zero-order chi connectivity index (χ0) is 27.1. The van der Waals surface area contributed by atoms with Gasteiger partial charge in [0.25, 0.3) is 0 Å². The zero-order valence-electron chi connectivity index (χ0n) is 23.2. The van der Waals surface area contributed by atoms with E-state index in [0.717, 1.165) is 22.8 Å². The Morgan fingerprint density at radius 2 is 1.00 bits per heavy atom. The van der Waals surface area contributed by atoms with Gasteiger partial charge in [-0.05, 0) is 58.9 Å². The Labute approximate surface area is 234 Å². The van der Waals surface area contributed by atoms with Gasteiger partial charge in [0.05, 0.1) is 0 Å². The van der Waals surface area contributed by atoms with Crippen LogP contribution in [0, 0.1) is 0 Å². The minimum Gasteiger partial charge on any atom is -0.340 e. The number of alkyl halides is 2. The first-order chi connectivity index (χ1) is 16.7. The highest BCUT2D eigenvalue weighted by molar-refractivity contribution is 7.29.